The Morgan fingerprint density at radius 2 is 1.86 bits per heavy atom. The number of rotatable bonds is 4. The summed E-state index contributed by atoms with van der Waals surface area (Å²) in [6, 6.07) is 2.18. The molecule has 1 aromatic rings. The first-order valence-corrected chi connectivity index (χ1v) is 8.28. The normalized spacial score (nSPS) is 14.0. The van der Waals surface area contributed by atoms with Crippen LogP contribution in [0.5, 0.6) is 0 Å². The molecule has 0 aliphatic carbocycles. The third kappa shape index (κ3) is 4.18. The molecule has 0 radical (unpaired) electrons. The van der Waals surface area contributed by atoms with E-state index in [9.17, 15) is 13.2 Å². The molecule has 0 fully saturated rings. The molecule has 1 unspecified atom stereocenters. The van der Waals surface area contributed by atoms with Crippen LogP contribution in [0.15, 0.2) is 17.0 Å². The maximum Gasteiger partial charge on any atom is 0.336 e. The van der Waals surface area contributed by atoms with E-state index in [1.54, 1.807) is 6.92 Å². The number of hydrogen-bond donors (Lipinski definition) is 2. The SMILES string of the molecule is Cc1c(C(=O)O)cc(Cl)cc1S(=O)(=O)NC(C)C(C)(C)C. The van der Waals surface area contributed by atoms with Crippen molar-refractivity contribution in [2.75, 3.05) is 0 Å². The van der Waals surface area contributed by atoms with E-state index < -0.39 is 16.0 Å². The summed E-state index contributed by atoms with van der Waals surface area (Å²) < 4.78 is 27.5. The van der Waals surface area contributed by atoms with E-state index in [4.69, 9.17) is 16.7 Å². The van der Waals surface area contributed by atoms with Crippen molar-refractivity contribution >= 4 is 27.6 Å². The van der Waals surface area contributed by atoms with Gasteiger partial charge in [0, 0.05) is 11.1 Å². The van der Waals surface area contributed by atoms with Gasteiger partial charge < -0.3 is 5.11 Å². The maximum atomic E-state index is 12.5. The zero-order valence-corrected chi connectivity index (χ0v) is 14.3. The lowest BCUT2D eigenvalue weighted by molar-refractivity contribution is 0.0696. The fourth-order valence-electron chi connectivity index (χ4n) is 1.63. The van der Waals surface area contributed by atoms with E-state index in [0.29, 0.717) is 0 Å². The average molecular weight is 334 g/mol. The molecule has 1 atom stereocenters. The highest BCUT2D eigenvalue weighted by Gasteiger charge is 2.28. The number of carbonyl (C=O) groups is 1. The summed E-state index contributed by atoms with van der Waals surface area (Å²) in [4.78, 5) is 11.1. The van der Waals surface area contributed by atoms with E-state index in [-0.39, 0.29) is 32.5 Å². The molecule has 1 rings (SSSR count). The van der Waals surface area contributed by atoms with Gasteiger partial charge in [0.25, 0.3) is 0 Å². The van der Waals surface area contributed by atoms with Crippen molar-refractivity contribution in [3.8, 4) is 0 Å². The smallest absolute Gasteiger partial charge is 0.336 e. The van der Waals surface area contributed by atoms with Crippen molar-refractivity contribution in [1.82, 2.24) is 4.72 Å². The third-order valence-electron chi connectivity index (χ3n) is 3.48. The Hall–Kier alpha value is -1.11. The summed E-state index contributed by atoms with van der Waals surface area (Å²) in [5, 5.41) is 9.19. The average Bonchev–Trinajstić information content (AvgIpc) is 2.29. The van der Waals surface area contributed by atoms with Crippen LogP contribution in [-0.4, -0.2) is 25.5 Å². The lowest BCUT2D eigenvalue weighted by atomic mass is 9.89. The van der Waals surface area contributed by atoms with E-state index in [1.807, 2.05) is 20.8 Å². The Morgan fingerprint density at radius 1 is 1.33 bits per heavy atom. The van der Waals surface area contributed by atoms with Gasteiger partial charge in [-0.25, -0.2) is 17.9 Å². The lowest BCUT2D eigenvalue weighted by Gasteiger charge is -2.28. The number of nitrogens with one attached hydrogen (secondary N) is 1. The molecule has 0 aliphatic heterocycles. The van der Waals surface area contributed by atoms with E-state index in [1.165, 1.54) is 19.1 Å². The van der Waals surface area contributed by atoms with Gasteiger partial charge in [0.2, 0.25) is 10.0 Å². The van der Waals surface area contributed by atoms with E-state index in [0.717, 1.165) is 0 Å². The van der Waals surface area contributed by atoms with Gasteiger partial charge in [-0.3, -0.25) is 0 Å². The molecule has 21 heavy (non-hydrogen) atoms. The second kappa shape index (κ2) is 5.94. The van der Waals surface area contributed by atoms with Crippen LogP contribution in [0.25, 0.3) is 0 Å². The molecule has 0 saturated carbocycles. The minimum absolute atomic E-state index is 0.0711. The number of carboxylic acid groups (broad SMARTS) is 1. The molecule has 0 heterocycles. The maximum absolute atomic E-state index is 12.5. The molecule has 0 saturated heterocycles. The highest BCUT2D eigenvalue weighted by Crippen LogP contribution is 2.26. The summed E-state index contributed by atoms with van der Waals surface area (Å²) in [6.07, 6.45) is 0. The van der Waals surface area contributed by atoms with Crippen LogP contribution >= 0.6 is 11.6 Å². The first-order chi connectivity index (χ1) is 9.36. The van der Waals surface area contributed by atoms with Crippen LogP contribution in [-0.2, 0) is 10.0 Å². The molecular formula is C14H20ClNO4S. The number of hydrogen-bond acceptors (Lipinski definition) is 3. The molecule has 118 valence electrons. The van der Waals surface area contributed by atoms with Gasteiger partial charge in [-0.1, -0.05) is 32.4 Å². The molecule has 7 heteroatoms. The Bertz CT molecular complexity index is 662. The lowest BCUT2D eigenvalue weighted by Crippen LogP contribution is -2.41. The molecule has 0 aliphatic rings. The zero-order valence-electron chi connectivity index (χ0n) is 12.7. The quantitative estimate of drug-likeness (QED) is 0.887. The fraction of sp³-hybridized carbons (Fsp3) is 0.500. The van der Waals surface area contributed by atoms with Crippen LogP contribution in [0, 0.1) is 12.3 Å². The largest absolute Gasteiger partial charge is 0.478 e. The van der Waals surface area contributed by atoms with E-state index >= 15 is 0 Å². The minimum atomic E-state index is -3.85. The topological polar surface area (TPSA) is 83.5 Å². The van der Waals surface area contributed by atoms with E-state index in [2.05, 4.69) is 4.72 Å². The summed E-state index contributed by atoms with van der Waals surface area (Å²) in [5.41, 5.74) is -0.221. The van der Waals surface area contributed by atoms with Crippen molar-refractivity contribution in [3.05, 3.63) is 28.3 Å². The summed E-state index contributed by atoms with van der Waals surface area (Å²) in [7, 11) is -3.85. The first-order valence-electron chi connectivity index (χ1n) is 6.42. The van der Waals surface area contributed by atoms with Gasteiger partial charge in [0.05, 0.1) is 10.5 Å². The molecule has 2 N–H and O–H groups in total. The van der Waals surface area contributed by atoms with Crippen molar-refractivity contribution in [1.29, 1.82) is 0 Å². The molecule has 0 aromatic heterocycles. The van der Waals surface area contributed by atoms with Crippen LogP contribution in [0.1, 0.15) is 43.6 Å². The molecule has 1 aromatic carbocycles. The predicted molar refractivity (Wildman–Crippen MR) is 82.4 cm³/mol. The third-order valence-corrected chi connectivity index (χ3v) is 5.36. The van der Waals surface area contributed by atoms with Crippen LogP contribution < -0.4 is 4.72 Å². The zero-order chi connectivity index (χ0) is 16.6. The Balaban J connectivity index is 3.36. The number of sulfonamides is 1. The molecule has 0 spiro atoms. The first kappa shape index (κ1) is 17.9. The Morgan fingerprint density at radius 3 is 2.29 bits per heavy atom. The number of carboxylic acids is 1. The van der Waals surface area contributed by atoms with Crippen LogP contribution in [0.4, 0.5) is 0 Å². The summed E-state index contributed by atoms with van der Waals surface area (Å²) in [5.74, 6) is -1.21. The molecule has 0 amide bonds. The van der Waals surface area contributed by atoms with Gasteiger partial charge in [-0.15, -0.1) is 0 Å². The highest BCUT2D eigenvalue weighted by atomic mass is 35.5. The van der Waals surface area contributed by atoms with Crippen LogP contribution in [0.2, 0.25) is 5.02 Å². The second-order valence-electron chi connectivity index (χ2n) is 6.09. The molecule has 5 nitrogen and oxygen atoms in total. The predicted octanol–water partition coefficient (Wildman–Crippen LogP) is 3.06. The number of aromatic carboxylic acids is 1. The van der Waals surface area contributed by atoms with Crippen molar-refractivity contribution in [2.45, 2.75) is 45.6 Å². The standard InChI is InChI=1S/C14H20ClNO4S/c1-8-11(13(17)18)6-10(15)7-12(8)21(19,20)16-9(2)14(3,4)5/h6-7,9,16H,1-5H3,(H,17,18). The van der Waals surface area contributed by atoms with Gasteiger partial charge in [0.1, 0.15) is 0 Å². The van der Waals surface area contributed by atoms with Gasteiger partial charge in [-0.05, 0) is 37.0 Å². The molecule has 0 bridgehead atoms. The summed E-state index contributed by atoms with van der Waals surface area (Å²) >= 11 is 5.84. The Labute approximate surface area is 130 Å². The highest BCUT2D eigenvalue weighted by molar-refractivity contribution is 7.89. The van der Waals surface area contributed by atoms with Crippen molar-refractivity contribution < 1.29 is 18.3 Å². The van der Waals surface area contributed by atoms with Gasteiger partial charge in [-0.2, -0.15) is 0 Å². The summed E-state index contributed by atoms with van der Waals surface area (Å²) in [6.45, 7) is 8.95. The van der Waals surface area contributed by atoms with Gasteiger partial charge >= 0.3 is 5.97 Å². The van der Waals surface area contributed by atoms with Crippen LogP contribution in [0.3, 0.4) is 0 Å². The fourth-order valence-corrected chi connectivity index (χ4v) is 3.65. The monoisotopic (exact) mass is 333 g/mol. The number of halogens is 1. The second-order valence-corrected chi connectivity index (χ2v) is 8.21. The minimum Gasteiger partial charge on any atom is -0.478 e. The number of benzene rings is 1. The van der Waals surface area contributed by atoms with Gasteiger partial charge in [0.15, 0.2) is 0 Å². The van der Waals surface area contributed by atoms with Crippen molar-refractivity contribution in [2.24, 2.45) is 5.41 Å². The molecular weight excluding hydrogens is 314 g/mol. The van der Waals surface area contributed by atoms with Crippen molar-refractivity contribution in [3.63, 3.8) is 0 Å². The Kier molecular flexibility index (Phi) is 5.08.